The molecule has 0 spiro atoms. The largest absolute Gasteiger partial charge is 0.497 e. The third kappa shape index (κ3) is 3.57. The number of nitrogens with zero attached hydrogens (tertiary/aromatic N) is 1. The van der Waals surface area contributed by atoms with Crippen molar-refractivity contribution in [3.05, 3.63) is 65.6 Å². The van der Waals surface area contributed by atoms with Crippen LogP contribution in [0.4, 0.5) is 4.39 Å². The van der Waals surface area contributed by atoms with Crippen LogP contribution in [0.25, 0.3) is 10.9 Å². The van der Waals surface area contributed by atoms with Crippen LogP contribution in [0.5, 0.6) is 5.75 Å². The number of aromatic nitrogens is 1. The van der Waals surface area contributed by atoms with Gasteiger partial charge in [0.25, 0.3) is 0 Å². The van der Waals surface area contributed by atoms with E-state index in [9.17, 15) is 24.8 Å². The lowest BCUT2D eigenvalue weighted by Crippen LogP contribution is -2.56. The summed E-state index contributed by atoms with van der Waals surface area (Å²) in [4.78, 5) is 0. The van der Waals surface area contributed by atoms with Crippen LogP contribution in [-0.4, -0.2) is 63.1 Å². The van der Waals surface area contributed by atoms with Crippen LogP contribution in [0.15, 0.2) is 48.7 Å². The zero-order valence-corrected chi connectivity index (χ0v) is 16.4. The molecule has 0 aliphatic carbocycles. The summed E-state index contributed by atoms with van der Waals surface area (Å²) in [5.74, 6) is 0.0408. The fourth-order valence-corrected chi connectivity index (χ4v) is 3.94. The maximum atomic E-state index is 14.5. The summed E-state index contributed by atoms with van der Waals surface area (Å²) in [6.45, 7) is -0.509. The Labute approximate surface area is 172 Å². The second-order valence-electron chi connectivity index (χ2n) is 7.43. The zero-order valence-electron chi connectivity index (χ0n) is 16.4. The van der Waals surface area contributed by atoms with Gasteiger partial charge in [-0.15, -0.1) is 0 Å². The van der Waals surface area contributed by atoms with Gasteiger partial charge in [0.15, 0.2) is 6.23 Å². The van der Waals surface area contributed by atoms with E-state index in [-0.39, 0.29) is 5.82 Å². The number of aliphatic hydroxyl groups excluding tert-OH is 4. The Morgan fingerprint density at radius 1 is 1.03 bits per heavy atom. The van der Waals surface area contributed by atoms with Crippen LogP contribution in [0, 0.1) is 5.82 Å². The third-order valence-corrected chi connectivity index (χ3v) is 5.61. The van der Waals surface area contributed by atoms with Gasteiger partial charge in [0.2, 0.25) is 0 Å². The van der Waals surface area contributed by atoms with Crippen molar-refractivity contribution in [3.63, 3.8) is 0 Å². The lowest BCUT2D eigenvalue weighted by molar-refractivity contribution is -0.250. The third-order valence-electron chi connectivity index (χ3n) is 5.61. The van der Waals surface area contributed by atoms with Crippen molar-refractivity contribution >= 4 is 10.9 Å². The van der Waals surface area contributed by atoms with E-state index < -0.39 is 37.3 Å². The number of ether oxygens (including phenoxy) is 2. The maximum Gasteiger partial charge on any atom is 0.163 e. The Morgan fingerprint density at radius 2 is 1.80 bits per heavy atom. The lowest BCUT2D eigenvalue weighted by atomic mass is 9.98. The Morgan fingerprint density at radius 3 is 2.50 bits per heavy atom. The van der Waals surface area contributed by atoms with Crippen molar-refractivity contribution in [2.75, 3.05) is 13.7 Å². The average molecular weight is 417 g/mol. The number of para-hydroxylation sites is 1. The molecule has 160 valence electrons. The van der Waals surface area contributed by atoms with Gasteiger partial charge < -0.3 is 34.5 Å². The molecule has 2 heterocycles. The minimum Gasteiger partial charge on any atom is -0.497 e. The van der Waals surface area contributed by atoms with Crippen LogP contribution in [0.1, 0.15) is 17.4 Å². The standard InChI is InChI=1S/C22H24FNO6/c1-29-14-7-6-12(16(23)9-14)8-13-10-24(17-5-3-2-4-15(13)17)22-21(28)20(27)19(26)18(11-25)30-22/h2-7,9-10,18-22,25-28H,8,11H2,1H3/t18-,19-,20+,21-,22-/m1/s1. The first-order chi connectivity index (χ1) is 14.4. The van der Waals surface area contributed by atoms with Gasteiger partial charge in [-0.05, 0) is 23.3 Å². The molecule has 1 aliphatic rings. The minimum absolute atomic E-state index is 0.292. The Hall–Kier alpha value is -2.49. The summed E-state index contributed by atoms with van der Waals surface area (Å²) in [7, 11) is 1.47. The van der Waals surface area contributed by atoms with E-state index in [0.29, 0.717) is 23.3 Å². The predicted octanol–water partition coefficient (Wildman–Crippen LogP) is 1.35. The van der Waals surface area contributed by atoms with Crippen molar-refractivity contribution < 1.29 is 34.3 Å². The van der Waals surface area contributed by atoms with Crippen LogP contribution in [-0.2, 0) is 11.2 Å². The molecule has 1 aromatic heterocycles. The first kappa shape index (κ1) is 20.8. The monoisotopic (exact) mass is 417 g/mol. The number of benzene rings is 2. The molecule has 8 heteroatoms. The highest BCUT2D eigenvalue weighted by Crippen LogP contribution is 2.34. The molecule has 1 fully saturated rings. The van der Waals surface area contributed by atoms with Gasteiger partial charge in [0, 0.05) is 24.1 Å². The fourth-order valence-electron chi connectivity index (χ4n) is 3.94. The van der Waals surface area contributed by atoms with E-state index in [1.807, 2.05) is 24.3 Å². The Kier molecular flexibility index (Phi) is 5.77. The smallest absolute Gasteiger partial charge is 0.163 e. The molecule has 1 aliphatic heterocycles. The number of aliphatic hydroxyl groups is 4. The van der Waals surface area contributed by atoms with Crippen LogP contribution in [0.2, 0.25) is 0 Å². The van der Waals surface area contributed by atoms with E-state index in [0.717, 1.165) is 10.9 Å². The summed E-state index contributed by atoms with van der Waals surface area (Å²) < 4.78 is 26.9. The first-order valence-corrected chi connectivity index (χ1v) is 9.66. The lowest BCUT2D eigenvalue weighted by Gasteiger charge is -2.40. The van der Waals surface area contributed by atoms with Gasteiger partial charge in [0.1, 0.15) is 36.0 Å². The highest BCUT2D eigenvalue weighted by molar-refractivity contribution is 5.84. The van der Waals surface area contributed by atoms with E-state index in [2.05, 4.69) is 0 Å². The van der Waals surface area contributed by atoms with Crippen molar-refractivity contribution in [2.24, 2.45) is 0 Å². The topological polar surface area (TPSA) is 104 Å². The Bertz CT molecular complexity index is 1040. The van der Waals surface area contributed by atoms with Crippen LogP contribution >= 0.6 is 0 Å². The molecular formula is C22H24FNO6. The summed E-state index contributed by atoms with van der Waals surface area (Å²) in [6, 6.07) is 12.1. The average Bonchev–Trinajstić information content (AvgIpc) is 3.12. The summed E-state index contributed by atoms with van der Waals surface area (Å²) in [6.07, 6.45) is -4.34. The molecule has 7 nitrogen and oxygen atoms in total. The highest BCUT2D eigenvalue weighted by Gasteiger charge is 2.44. The molecular weight excluding hydrogens is 393 g/mol. The Balaban J connectivity index is 1.74. The molecule has 3 aromatic rings. The van der Waals surface area contributed by atoms with Crippen molar-refractivity contribution in [3.8, 4) is 5.75 Å². The number of rotatable bonds is 5. The fraction of sp³-hybridized carbons (Fsp3) is 0.364. The van der Waals surface area contributed by atoms with Crippen LogP contribution in [0.3, 0.4) is 0 Å². The number of hydrogen-bond donors (Lipinski definition) is 4. The normalized spacial score (nSPS) is 26.8. The van der Waals surface area contributed by atoms with Gasteiger partial charge in [-0.25, -0.2) is 4.39 Å². The van der Waals surface area contributed by atoms with Crippen molar-refractivity contribution in [1.82, 2.24) is 4.57 Å². The van der Waals surface area contributed by atoms with Gasteiger partial charge in [0.05, 0.1) is 19.2 Å². The first-order valence-electron chi connectivity index (χ1n) is 9.66. The summed E-state index contributed by atoms with van der Waals surface area (Å²) in [5, 5.41) is 41.1. The molecule has 1 saturated heterocycles. The quantitative estimate of drug-likeness (QED) is 0.500. The number of fused-ring (bicyclic) bond motifs is 1. The molecule has 5 atom stereocenters. The van der Waals surface area contributed by atoms with Crippen LogP contribution < -0.4 is 4.74 Å². The van der Waals surface area contributed by atoms with Gasteiger partial charge in [-0.2, -0.15) is 0 Å². The molecule has 4 rings (SSSR count). The molecule has 0 saturated carbocycles. The maximum absolute atomic E-state index is 14.5. The molecule has 4 N–H and O–H groups in total. The van der Waals surface area contributed by atoms with Gasteiger partial charge in [-0.1, -0.05) is 24.3 Å². The molecule has 0 radical (unpaired) electrons. The number of methoxy groups -OCH3 is 1. The second kappa shape index (κ2) is 8.33. The van der Waals surface area contributed by atoms with E-state index >= 15 is 0 Å². The minimum atomic E-state index is -1.48. The number of hydrogen-bond acceptors (Lipinski definition) is 6. The number of halogens is 1. The molecule has 0 unspecified atom stereocenters. The van der Waals surface area contributed by atoms with Crippen molar-refractivity contribution in [2.45, 2.75) is 37.1 Å². The molecule has 2 aromatic carbocycles. The SMILES string of the molecule is COc1ccc(Cc2cn([C@@H]3O[C@H](CO)[C@@H](O)[C@H](O)[C@H]3O)c3ccccc23)c(F)c1. The summed E-state index contributed by atoms with van der Waals surface area (Å²) >= 11 is 0. The molecule has 0 amide bonds. The summed E-state index contributed by atoms with van der Waals surface area (Å²) in [5.41, 5.74) is 1.99. The highest BCUT2D eigenvalue weighted by atomic mass is 19.1. The van der Waals surface area contributed by atoms with Crippen molar-refractivity contribution in [1.29, 1.82) is 0 Å². The molecule has 0 bridgehead atoms. The zero-order chi connectivity index (χ0) is 21.4. The van der Waals surface area contributed by atoms with Gasteiger partial charge >= 0.3 is 0 Å². The van der Waals surface area contributed by atoms with Gasteiger partial charge in [-0.3, -0.25) is 0 Å². The van der Waals surface area contributed by atoms with E-state index in [4.69, 9.17) is 9.47 Å². The van der Waals surface area contributed by atoms with E-state index in [1.54, 1.807) is 22.9 Å². The molecule has 30 heavy (non-hydrogen) atoms. The second-order valence-corrected chi connectivity index (χ2v) is 7.43. The van der Waals surface area contributed by atoms with E-state index in [1.165, 1.54) is 13.2 Å². The predicted molar refractivity (Wildman–Crippen MR) is 107 cm³/mol.